The Labute approximate surface area is 113 Å². The van der Waals surface area contributed by atoms with Gasteiger partial charge in [0.15, 0.2) is 0 Å². The lowest BCUT2D eigenvalue weighted by Crippen LogP contribution is -2.19. The summed E-state index contributed by atoms with van der Waals surface area (Å²) in [5.74, 6) is -1.28. The van der Waals surface area contributed by atoms with Crippen molar-refractivity contribution in [1.82, 2.24) is 5.16 Å². The maximum Gasteiger partial charge on any atom is 0.307 e. The Morgan fingerprint density at radius 3 is 2.78 bits per heavy atom. The first-order valence-corrected chi connectivity index (χ1v) is 6.30. The molecule has 0 saturated carbocycles. The molecule has 1 atom stereocenters. The summed E-state index contributed by atoms with van der Waals surface area (Å²) in [4.78, 5) is 11.3. The van der Waals surface area contributed by atoms with E-state index in [9.17, 15) is 9.90 Å². The van der Waals surface area contributed by atoms with Crippen LogP contribution in [0.1, 0.15) is 11.1 Å². The number of hydrogen-bond donors (Lipinski definition) is 1. The Kier molecular flexibility index (Phi) is 4.15. The Morgan fingerprint density at radius 2 is 2.17 bits per heavy atom. The number of carboxylic acid groups (broad SMARTS) is 1. The SMILES string of the molecule is O=C(O)C(Cc1cnoc1)Cc1cccc(Br)c1. The van der Waals surface area contributed by atoms with Crippen LogP contribution in [-0.2, 0) is 17.6 Å². The van der Waals surface area contributed by atoms with E-state index in [1.165, 1.54) is 6.26 Å². The zero-order chi connectivity index (χ0) is 13.0. The van der Waals surface area contributed by atoms with Crippen LogP contribution >= 0.6 is 15.9 Å². The van der Waals surface area contributed by atoms with Crippen LogP contribution in [0.3, 0.4) is 0 Å². The lowest BCUT2D eigenvalue weighted by Gasteiger charge is -2.11. The molecule has 94 valence electrons. The highest BCUT2D eigenvalue weighted by molar-refractivity contribution is 9.10. The van der Waals surface area contributed by atoms with Crippen LogP contribution in [0.25, 0.3) is 0 Å². The summed E-state index contributed by atoms with van der Waals surface area (Å²) < 4.78 is 5.67. The van der Waals surface area contributed by atoms with Crippen LogP contribution in [0.5, 0.6) is 0 Å². The molecule has 1 aromatic carbocycles. The second-order valence-electron chi connectivity index (χ2n) is 4.11. The molecule has 18 heavy (non-hydrogen) atoms. The smallest absolute Gasteiger partial charge is 0.307 e. The minimum atomic E-state index is -0.809. The van der Waals surface area contributed by atoms with Gasteiger partial charge >= 0.3 is 5.97 Å². The molecule has 1 aromatic heterocycles. The second kappa shape index (κ2) is 5.82. The van der Waals surface area contributed by atoms with Crippen molar-refractivity contribution in [2.24, 2.45) is 5.92 Å². The molecule has 0 saturated heterocycles. The number of carbonyl (C=O) groups is 1. The van der Waals surface area contributed by atoms with E-state index in [4.69, 9.17) is 4.52 Å². The fourth-order valence-electron chi connectivity index (χ4n) is 1.81. The first-order valence-electron chi connectivity index (χ1n) is 5.50. The second-order valence-corrected chi connectivity index (χ2v) is 5.02. The zero-order valence-electron chi connectivity index (χ0n) is 9.54. The molecule has 2 aromatic rings. The van der Waals surface area contributed by atoms with E-state index in [2.05, 4.69) is 21.1 Å². The largest absolute Gasteiger partial charge is 0.481 e. The van der Waals surface area contributed by atoms with E-state index in [1.807, 2.05) is 24.3 Å². The highest BCUT2D eigenvalue weighted by atomic mass is 79.9. The average molecular weight is 310 g/mol. The summed E-state index contributed by atoms with van der Waals surface area (Å²) in [5, 5.41) is 12.8. The molecule has 5 heteroatoms. The molecule has 1 N–H and O–H groups in total. The minimum Gasteiger partial charge on any atom is -0.481 e. The van der Waals surface area contributed by atoms with Gasteiger partial charge in [0, 0.05) is 10.0 Å². The van der Waals surface area contributed by atoms with E-state index in [-0.39, 0.29) is 0 Å². The van der Waals surface area contributed by atoms with Gasteiger partial charge in [0.1, 0.15) is 6.26 Å². The van der Waals surface area contributed by atoms with E-state index in [0.717, 1.165) is 15.6 Å². The standard InChI is InChI=1S/C13H12BrNO3/c14-12-3-1-2-9(6-12)4-11(13(16)17)5-10-7-15-18-8-10/h1-3,6-8,11H,4-5H2,(H,16,17). The normalized spacial score (nSPS) is 12.3. The van der Waals surface area contributed by atoms with E-state index < -0.39 is 11.9 Å². The van der Waals surface area contributed by atoms with Crippen LogP contribution in [0.15, 0.2) is 45.7 Å². The Bertz CT molecular complexity index is 525. The van der Waals surface area contributed by atoms with Gasteiger partial charge in [-0.15, -0.1) is 0 Å². The van der Waals surface area contributed by atoms with E-state index in [1.54, 1.807) is 6.20 Å². The number of aromatic nitrogens is 1. The number of nitrogens with zero attached hydrogens (tertiary/aromatic N) is 1. The average Bonchev–Trinajstić information content (AvgIpc) is 2.81. The molecule has 0 amide bonds. The summed E-state index contributed by atoms with van der Waals surface area (Å²) in [6, 6.07) is 7.68. The number of carboxylic acids is 1. The van der Waals surface area contributed by atoms with Crippen LogP contribution in [0.4, 0.5) is 0 Å². The van der Waals surface area contributed by atoms with Crippen molar-refractivity contribution >= 4 is 21.9 Å². The minimum absolute atomic E-state index is 0.422. The number of halogens is 1. The van der Waals surface area contributed by atoms with Gasteiger partial charge in [-0.2, -0.15) is 0 Å². The molecule has 0 spiro atoms. The molecule has 0 aliphatic carbocycles. The Morgan fingerprint density at radius 1 is 1.39 bits per heavy atom. The summed E-state index contributed by atoms with van der Waals surface area (Å²) in [6.45, 7) is 0. The van der Waals surface area contributed by atoms with Crippen molar-refractivity contribution in [3.05, 3.63) is 52.3 Å². The van der Waals surface area contributed by atoms with Crippen LogP contribution in [0, 0.1) is 5.92 Å². The Balaban J connectivity index is 2.09. The molecule has 1 unspecified atom stereocenters. The predicted octanol–water partition coefficient (Wildman–Crippen LogP) is 2.92. The summed E-state index contributed by atoms with van der Waals surface area (Å²) in [7, 11) is 0. The zero-order valence-corrected chi connectivity index (χ0v) is 11.1. The number of benzene rings is 1. The van der Waals surface area contributed by atoms with Crippen LogP contribution in [0.2, 0.25) is 0 Å². The molecule has 0 aliphatic heterocycles. The van der Waals surface area contributed by atoms with Crippen molar-refractivity contribution < 1.29 is 14.4 Å². The summed E-state index contributed by atoms with van der Waals surface area (Å²) in [5.41, 5.74) is 1.80. The van der Waals surface area contributed by atoms with Gasteiger partial charge in [-0.05, 0) is 30.5 Å². The topological polar surface area (TPSA) is 63.3 Å². The van der Waals surface area contributed by atoms with Gasteiger partial charge in [0.25, 0.3) is 0 Å². The predicted molar refractivity (Wildman–Crippen MR) is 69.2 cm³/mol. The summed E-state index contributed by atoms with van der Waals surface area (Å²) in [6.07, 6.45) is 3.94. The molecular weight excluding hydrogens is 298 g/mol. The lowest BCUT2D eigenvalue weighted by atomic mass is 9.94. The van der Waals surface area contributed by atoms with Crippen molar-refractivity contribution in [2.75, 3.05) is 0 Å². The van der Waals surface area contributed by atoms with E-state index >= 15 is 0 Å². The third-order valence-corrected chi connectivity index (χ3v) is 3.18. The maximum absolute atomic E-state index is 11.3. The van der Waals surface area contributed by atoms with Gasteiger partial charge in [-0.3, -0.25) is 4.79 Å². The number of hydrogen-bond acceptors (Lipinski definition) is 3. The molecule has 0 radical (unpaired) electrons. The molecule has 0 fully saturated rings. The maximum atomic E-state index is 11.3. The van der Waals surface area contributed by atoms with Crippen molar-refractivity contribution in [1.29, 1.82) is 0 Å². The van der Waals surface area contributed by atoms with Gasteiger partial charge in [0.05, 0.1) is 12.1 Å². The first kappa shape index (κ1) is 12.8. The van der Waals surface area contributed by atoms with Gasteiger partial charge in [-0.25, -0.2) is 0 Å². The fourth-order valence-corrected chi connectivity index (χ4v) is 2.25. The lowest BCUT2D eigenvalue weighted by molar-refractivity contribution is -0.141. The van der Waals surface area contributed by atoms with Crippen LogP contribution in [-0.4, -0.2) is 16.2 Å². The number of aliphatic carboxylic acids is 1. The van der Waals surface area contributed by atoms with Gasteiger partial charge in [0.2, 0.25) is 0 Å². The monoisotopic (exact) mass is 309 g/mol. The third kappa shape index (κ3) is 3.43. The Hall–Kier alpha value is -1.62. The molecule has 4 nitrogen and oxygen atoms in total. The molecule has 1 heterocycles. The van der Waals surface area contributed by atoms with Crippen molar-refractivity contribution in [3.63, 3.8) is 0 Å². The highest BCUT2D eigenvalue weighted by Crippen LogP contribution is 2.18. The molecule has 0 aliphatic rings. The number of rotatable bonds is 5. The summed E-state index contributed by atoms with van der Waals surface area (Å²) >= 11 is 3.38. The highest BCUT2D eigenvalue weighted by Gasteiger charge is 2.19. The first-order chi connectivity index (χ1) is 8.65. The van der Waals surface area contributed by atoms with Gasteiger partial charge in [-0.1, -0.05) is 33.2 Å². The van der Waals surface area contributed by atoms with Gasteiger partial charge < -0.3 is 9.63 Å². The molecule has 2 rings (SSSR count). The third-order valence-electron chi connectivity index (χ3n) is 2.69. The van der Waals surface area contributed by atoms with Crippen molar-refractivity contribution in [3.8, 4) is 0 Å². The fraction of sp³-hybridized carbons (Fsp3) is 0.231. The van der Waals surface area contributed by atoms with Crippen molar-refractivity contribution in [2.45, 2.75) is 12.8 Å². The van der Waals surface area contributed by atoms with Crippen LogP contribution < -0.4 is 0 Å². The van der Waals surface area contributed by atoms with E-state index in [0.29, 0.717) is 12.8 Å². The quantitative estimate of drug-likeness (QED) is 0.922. The molecular formula is C13H12BrNO3. The molecule has 0 bridgehead atoms.